The number of rotatable bonds is 5. The van der Waals surface area contributed by atoms with Crippen molar-refractivity contribution < 1.29 is 14.6 Å². The Labute approximate surface area is 106 Å². The topological polar surface area (TPSA) is 46.5 Å². The van der Waals surface area contributed by atoms with E-state index < -0.39 is 5.97 Å². The number of hydrogen-bond acceptors (Lipinski definition) is 3. The summed E-state index contributed by atoms with van der Waals surface area (Å²) in [7, 11) is 0. The number of ether oxygens (including phenoxy) is 1. The number of halogens is 1. The van der Waals surface area contributed by atoms with Gasteiger partial charge in [0.15, 0.2) is 0 Å². The maximum Gasteiger partial charge on any atom is 0.338 e. The zero-order valence-corrected chi connectivity index (χ0v) is 10.8. The van der Waals surface area contributed by atoms with Crippen molar-refractivity contribution in [3.05, 3.63) is 29.8 Å². The lowest BCUT2D eigenvalue weighted by Gasteiger charge is -2.12. The van der Waals surface area contributed by atoms with Crippen molar-refractivity contribution in [1.29, 1.82) is 0 Å². The molecular weight excluding hydrogens is 240 g/mol. The minimum atomic E-state index is -0.417. The fourth-order valence-electron chi connectivity index (χ4n) is 1.43. The normalized spacial score (nSPS) is 12.5. The number of carbonyl (C=O) groups is 1. The second kappa shape index (κ2) is 6.50. The Kier molecular flexibility index (Phi) is 5.29. The number of esters is 1. The molecule has 0 aliphatic carbocycles. The van der Waals surface area contributed by atoms with E-state index >= 15 is 0 Å². The Hall–Kier alpha value is -1.22. The summed E-state index contributed by atoms with van der Waals surface area (Å²) in [5.41, 5.74) is 0.413. The van der Waals surface area contributed by atoms with E-state index in [4.69, 9.17) is 21.4 Å². The fraction of sp³-hybridized carbons (Fsp3) is 0.462. The SMILES string of the molecule is CC(C)C[C@H](Cl)COC(=O)c1ccc(O)cc1. The summed E-state index contributed by atoms with van der Waals surface area (Å²) >= 11 is 6.02. The van der Waals surface area contributed by atoms with Crippen LogP contribution in [0.15, 0.2) is 24.3 Å². The summed E-state index contributed by atoms with van der Waals surface area (Å²) in [6, 6.07) is 5.93. The summed E-state index contributed by atoms with van der Waals surface area (Å²) in [5, 5.41) is 8.93. The molecule has 94 valence electrons. The van der Waals surface area contributed by atoms with Crippen LogP contribution in [-0.4, -0.2) is 23.1 Å². The molecule has 0 unspecified atom stereocenters. The highest BCUT2D eigenvalue weighted by Gasteiger charge is 2.12. The van der Waals surface area contributed by atoms with Gasteiger partial charge in [0.25, 0.3) is 0 Å². The minimum Gasteiger partial charge on any atom is -0.508 e. The molecule has 0 aliphatic heterocycles. The van der Waals surface area contributed by atoms with Gasteiger partial charge in [-0.2, -0.15) is 0 Å². The summed E-state index contributed by atoms with van der Waals surface area (Å²) < 4.78 is 5.08. The largest absolute Gasteiger partial charge is 0.508 e. The molecule has 0 aliphatic rings. The van der Waals surface area contributed by atoms with E-state index in [1.54, 1.807) is 0 Å². The number of alkyl halides is 1. The van der Waals surface area contributed by atoms with Gasteiger partial charge in [-0.15, -0.1) is 11.6 Å². The van der Waals surface area contributed by atoms with Crippen LogP contribution < -0.4 is 0 Å². The number of aromatic hydroxyl groups is 1. The molecule has 4 heteroatoms. The highest BCUT2D eigenvalue weighted by Crippen LogP contribution is 2.13. The van der Waals surface area contributed by atoms with Crippen molar-refractivity contribution in [3.63, 3.8) is 0 Å². The first-order valence-electron chi connectivity index (χ1n) is 5.59. The molecule has 0 fully saturated rings. The van der Waals surface area contributed by atoms with Crippen LogP contribution in [0.3, 0.4) is 0 Å². The number of carbonyl (C=O) groups excluding carboxylic acids is 1. The second-order valence-corrected chi connectivity index (χ2v) is 4.99. The van der Waals surface area contributed by atoms with E-state index in [1.807, 2.05) is 0 Å². The Bertz CT molecular complexity index is 359. The molecule has 0 radical (unpaired) electrons. The molecule has 0 saturated carbocycles. The van der Waals surface area contributed by atoms with Crippen LogP contribution in [0.25, 0.3) is 0 Å². The van der Waals surface area contributed by atoms with Gasteiger partial charge in [0, 0.05) is 0 Å². The number of phenols is 1. The average Bonchev–Trinajstić information content (AvgIpc) is 2.26. The highest BCUT2D eigenvalue weighted by molar-refractivity contribution is 6.20. The van der Waals surface area contributed by atoms with E-state index in [0.29, 0.717) is 11.5 Å². The molecule has 1 aromatic rings. The van der Waals surface area contributed by atoms with Crippen LogP contribution in [0.4, 0.5) is 0 Å². The molecule has 0 amide bonds. The molecule has 1 N–H and O–H groups in total. The third-order valence-electron chi connectivity index (χ3n) is 2.23. The molecule has 17 heavy (non-hydrogen) atoms. The van der Waals surface area contributed by atoms with Gasteiger partial charge in [0.1, 0.15) is 12.4 Å². The maximum absolute atomic E-state index is 11.6. The lowest BCUT2D eigenvalue weighted by molar-refractivity contribution is 0.0499. The molecule has 0 bridgehead atoms. The predicted molar refractivity (Wildman–Crippen MR) is 67.5 cm³/mol. The van der Waals surface area contributed by atoms with Gasteiger partial charge in [-0.05, 0) is 36.6 Å². The molecule has 0 spiro atoms. The van der Waals surface area contributed by atoms with E-state index in [-0.39, 0.29) is 17.7 Å². The summed E-state index contributed by atoms with van der Waals surface area (Å²) in [6.07, 6.45) is 0.810. The molecule has 1 atom stereocenters. The average molecular weight is 257 g/mol. The van der Waals surface area contributed by atoms with Gasteiger partial charge in [-0.3, -0.25) is 0 Å². The van der Waals surface area contributed by atoms with E-state index in [9.17, 15) is 4.79 Å². The van der Waals surface area contributed by atoms with Crippen molar-refractivity contribution >= 4 is 17.6 Å². The summed E-state index contributed by atoms with van der Waals surface area (Å²) in [4.78, 5) is 11.6. The number of phenolic OH excluding ortho intramolecular Hbond substituents is 1. The Balaban J connectivity index is 2.42. The zero-order valence-electron chi connectivity index (χ0n) is 10.0. The highest BCUT2D eigenvalue weighted by atomic mass is 35.5. The van der Waals surface area contributed by atoms with Crippen LogP contribution in [0.5, 0.6) is 5.75 Å². The number of hydrogen-bond donors (Lipinski definition) is 1. The van der Waals surface area contributed by atoms with Gasteiger partial charge in [-0.25, -0.2) is 4.79 Å². The van der Waals surface area contributed by atoms with Crippen LogP contribution in [-0.2, 0) is 4.74 Å². The van der Waals surface area contributed by atoms with Crippen molar-refractivity contribution in [2.24, 2.45) is 5.92 Å². The van der Waals surface area contributed by atoms with Crippen LogP contribution in [0.2, 0.25) is 0 Å². The third-order valence-corrected chi connectivity index (χ3v) is 2.53. The summed E-state index contributed by atoms with van der Waals surface area (Å²) in [5.74, 6) is 0.181. The fourth-order valence-corrected chi connectivity index (χ4v) is 1.85. The number of benzene rings is 1. The van der Waals surface area contributed by atoms with Gasteiger partial charge in [0.2, 0.25) is 0 Å². The molecule has 1 rings (SSSR count). The third kappa shape index (κ3) is 5.09. The lowest BCUT2D eigenvalue weighted by atomic mass is 10.1. The standard InChI is InChI=1S/C13H17ClO3/c1-9(2)7-11(14)8-17-13(16)10-3-5-12(15)6-4-10/h3-6,9,11,15H,7-8H2,1-2H3/t11-/m0/s1. The lowest BCUT2D eigenvalue weighted by Crippen LogP contribution is -2.16. The molecule has 0 saturated heterocycles. The molecule has 0 aromatic heterocycles. The van der Waals surface area contributed by atoms with E-state index in [0.717, 1.165) is 6.42 Å². The van der Waals surface area contributed by atoms with Crippen LogP contribution >= 0.6 is 11.6 Å². The van der Waals surface area contributed by atoms with Crippen molar-refractivity contribution in [3.8, 4) is 5.75 Å². The van der Waals surface area contributed by atoms with Gasteiger partial charge in [0.05, 0.1) is 10.9 Å². The van der Waals surface area contributed by atoms with Crippen LogP contribution in [0.1, 0.15) is 30.6 Å². The molecule has 1 aromatic carbocycles. The monoisotopic (exact) mass is 256 g/mol. The molecule has 0 heterocycles. The van der Waals surface area contributed by atoms with Gasteiger partial charge < -0.3 is 9.84 Å². The van der Waals surface area contributed by atoms with E-state index in [2.05, 4.69) is 13.8 Å². The first kappa shape index (κ1) is 13.8. The van der Waals surface area contributed by atoms with Crippen LogP contribution in [0, 0.1) is 5.92 Å². The second-order valence-electron chi connectivity index (χ2n) is 4.37. The van der Waals surface area contributed by atoms with Gasteiger partial charge >= 0.3 is 5.97 Å². The summed E-state index contributed by atoms with van der Waals surface area (Å²) in [6.45, 7) is 4.34. The van der Waals surface area contributed by atoms with E-state index in [1.165, 1.54) is 24.3 Å². The smallest absolute Gasteiger partial charge is 0.338 e. The minimum absolute atomic E-state index is 0.122. The molecular formula is C13H17ClO3. The van der Waals surface area contributed by atoms with Gasteiger partial charge in [-0.1, -0.05) is 13.8 Å². The quantitative estimate of drug-likeness (QED) is 0.650. The Morgan fingerprint density at radius 1 is 1.35 bits per heavy atom. The predicted octanol–water partition coefficient (Wildman–Crippen LogP) is 3.20. The molecule has 3 nitrogen and oxygen atoms in total. The Morgan fingerprint density at radius 3 is 2.47 bits per heavy atom. The zero-order chi connectivity index (χ0) is 12.8. The Morgan fingerprint density at radius 2 is 1.94 bits per heavy atom. The van der Waals surface area contributed by atoms with Crippen molar-refractivity contribution in [2.75, 3.05) is 6.61 Å². The van der Waals surface area contributed by atoms with Crippen molar-refractivity contribution in [1.82, 2.24) is 0 Å². The maximum atomic E-state index is 11.6. The van der Waals surface area contributed by atoms with Crippen molar-refractivity contribution in [2.45, 2.75) is 25.6 Å². The first-order valence-corrected chi connectivity index (χ1v) is 6.03. The first-order chi connectivity index (χ1) is 7.99.